The molecule has 3 N–H and O–H groups in total. The average molecular weight is 390 g/mol. The fourth-order valence-corrected chi connectivity index (χ4v) is 4.37. The van der Waals surface area contributed by atoms with Crippen LogP contribution in [0.25, 0.3) is 0 Å². The molecule has 8 heteroatoms. The predicted molar refractivity (Wildman–Crippen MR) is 89.0 cm³/mol. The van der Waals surface area contributed by atoms with Crippen LogP contribution in [0.15, 0.2) is 26.9 Å². The summed E-state index contributed by atoms with van der Waals surface area (Å²) in [6.07, 6.45) is 0.572. The summed E-state index contributed by atoms with van der Waals surface area (Å²) in [7, 11) is -3.57. The average Bonchev–Trinajstić information content (AvgIpc) is 2.79. The summed E-state index contributed by atoms with van der Waals surface area (Å²) in [5.41, 5.74) is 7.76. The van der Waals surface area contributed by atoms with Crippen LogP contribution in [0.4, 0.5) is 5.69 Å². The van der Waals surface area contributed by atoms with Crippen LogP contribution in [0.2, 0.25) is 0 Å². The number of halogens is 1. The Morgan fingerprint density at radius 2 is 2.10 bits per heavy atom. The maximum Gasteiger partial charge on any atom is 0.240 e. The topological polar surface area (TPSA) is 85.1 Å². The molecule has 1 aromatic heterocycles. The van der Waals surface area contributed by atoms with Crippen LogP contribution in [0.1, 0.15) is 16.3 Å². The minimum Gasteiger partial charge on any atom is -0.398 e. The van der Waals surface area contributed by atoms with E-state index in [-0.39, 0.29) is 4.90 Å². The first kappa shape index (κ1) is 16.4. The molecule has 2 rings (SSSR count). The van der Waals surface area contributed by atoms with Crippen molar-refractivity contribution in [1.29, 1.82) is 0 Å². The van der Waals surface area contributed by atoms with Crippen molar-refractivity contribution in [3.8, 4) is 0 Å². The fraction of sp³-hybridized carbons (Fsp3) is 0.308. The van der Waals surface area contributed by atoms with Gasteiger partial charge in [0.25, 0.3) is 0 Å². The third kappa shape index (κ3) is 4.03. The monoisotopic (exact) mass is 389 g/mol. The highest BCUT2D eigenvalue weighted by Gasteiger charge is 2.18. The number of benzene rings is 1. The second-order valence-corrected chi connectivity index (χ2v) is 8.20. The van der Waals surface area contributed by atoms with Crippen LogP contribution >= 0.6 is 27.3 Å². The zero-order valence-corrected chi connectivity index (χ0v) is 14.9. The molecule has 0 bridgehead atoms. The molecule has 0 amide bonds. The smallest absolute Gasteiger partial charge is 0.240 e. The number of nitrogen functional groups attached to an aromatic ring is 1. The van der Waals surface area contributed by atoms with Crippen molar-refractivity contribution in [2.75, 3.05) is 12.3 Å². The van der Waals surface area contributed by atoms with Gasteiger partial charge in [-0.2, -0.15) is 0 Å². The minimum atomic E-state index is -3.57. The molecular weight excluding hydrogens is 374 g/mol. The molecule has 1 aromatic carbocycles. The molecule has 0 aliphatic carbocycles. The predicted octanol–water partition coefficient (Wildman–Crippen LogP) is 2.63. The fourth-order valence-electron chi connectivity index (χ4n) is 1.85. The van der Waals surface area contributed by atoms with Crippen molar-refractivity contribution in [2.45, 2.75) is 25.2 Å². The normalized spacial score (nSPS) is 11.8. The number of hydrogen-bond acceptors (Lipinski definition) is 5. The Balaban J connectivity index is 2.10. The molecule has 0 saturated heterocycles. The van der Waals surface area contributed by atoms with E-state index in [1.54, 1.807) is 13.0 Å². The van der Waals surface area contributed by atoms with Gasteiger partial charge in [0.05, 0.1) is 9.90 Å². The molecule has 0 aliphatic heterocycles. The lowest BCUT2D eigenvalue weighted by Gasteiger charge is -2.10. The number of hydrogen-bond donors (Lipinski definition) is 2. The lowest BCUT2D eigenvalue weighted by atomic mass is 10.2. The van der Waals surface area contributed by atoms with Crippen LogP contribution in [0.5, 0.6) is 0 Å². The van der Waals surface area contributed by atoms with E-state index in [2.05, 4.69) is 25.6 Å². The van der Waals surface area contributed by atoms with E-state index < -0.39 is 10.0 Å². The van der Waals surface area contributed by atoms with Gasteiger partial charge < -0.3 is 5.73 Å². The molecule has 0 aliphatic rings. The summed E-state index contributed by atoms with van der Waals surface area (Å²) in [5.74, 6) is 0. The van der Waals surface area contributed by atoms with E-state index in [0.29, 0.717) is 28.7 Å². The molecule has 0 unspecified atom stereocenters. The Labute approximate surface area is 136 Å². The molecule has 0 radical (unpaired) electrons. The minimum absolute atomic E-state index is 0.207. The zero-order chi connectivity index (χ0) is 15.6. The molecule has 114 valence electrons. The maximum atomic E-state index is 12.3. The molecule has 0 atom stereocenters. The first-order chi connectivity index (χ1) is 9.79. The molecule has 0 saturated carbocycles. The number of aromatic nitrogens is 1. The molecule has 21 heavy (non-hydrogen) atoms. The summed E-state index contributed by atoms with van der Waals surface area (Å²) in [6, 6.07) is 3.17. The lowest BCUT2D eigenvalue weighted by molar-refractivity contribution is 0.581. The van der Waals surface area contributed by atoms with Crippen LogP contribution in [0.3, 0.4) is 0 Å². The highest BCUT2D eigenvalue weighted by molar-refractivity contribution is 9.10. The first-order valence-corrected chi connectivity index (χ1v) is 9.41. The molecule has 2 aromatic rings. The van der Waals surface area contributed by atoms with Crippen molar-refractivity contribution in [1.82, 2.24) is 9.71 Å². The van der Waals surface area contributed by atoms with Crippen molar-refractivity contribution in [3.05, 3.63) is 38.3 Å². The van der Waals surface area contributed by atoms with Crippen molar-refractivity contribution >= 4 is 43.0 Å². The Kier molecular flexibility index (Phi) is 5.03. The lowest BCUT2D eigenvalue weighted by Crippen LogP contribution is -2.26. The van der Waals surface area contributed by atoms with Gasteiger partial charge in [-0.15, -0.1) is 11.3 Å². The van der Waals surface area contributed by atoms with Gasteiger partial charge in [0, 0.05) is 34.2 Å². The number of nitrogens with zero attached hydrogens (tertiary/aromatic N) is 1. The van der Waals surface area contributed by atoms with Crippen LogP contribution in [-0.4, -0.2) is 19.9 Å². The van der Waals surface area contributed by atoms with E-state index in [4.69, 9.17) is 5.73 Å². The van der Waals surface area contributed by atoms with Crippen LogP contribution < -0.4 is 10.5 Å². The van der Waals surface area contributed by atoms with E-state index >= 15 is 0 Å². The second kappa shape index (κ2) is 6.43. The highest BCUT2D eigenvalue weighted by atomic mass is 79.9. The third-order valence-electron chi connectivity index (χ3n) is 2.88. The Morgan fingerprint density at radius 3 is 2.71 bits per heavy atom. The highest BCUT2D eigenvalue weighted by Crippen LogP contribution is 2.26. The quantitative estimate of drug-likeness (QED) is 0.769. The number of nitrogens with two attached hydrogens (primary N) is 1. The largest absolute Gasteiger partial charge is 0.398 e. The van der Waals surface area contributed by atoms with E-state index in [0.717, 1.165) is 10.7 Å². The van der Waals surface area contributed by atoms with Crippen molar-refractivity contribution < 1.29 is 8.42 Å². The molecular formula is C13H16BrN3O2S2. The molecule has 0 spiro atoms. The Morgan fingerprint density at radius 1 is 1.38 bits per heavy atom. The second-order valence-electron chi connectivity index (χ2n) is 4.67. The molecule has 1 heterocycles. The molecule has 5 nitrogen and oxygen atoms in total. The van der Waals surface area contributed by atoms with Gasteiger partial charge in [-0.3, -0.25) is 0 Å². The van der Waals surface area contributed by atoms with Gasteiger partial charge in [0.15, 0.2) is 0 Å². The first-order valence-electron chi connectivity index (χ1n) is 6.26. The number of anilines is 1. The van der Waals surface area contributed by atoms with Gasteiger partial charge in [0.1, 0.15) is 0 Å². The summed E-state index contributed by atoms with van der Waals surface area (Å²) in [6.45, 7) is 3.96. The summed E-state index contributed by atoms with van der Waals surface area (Å²) in [4.78, 5) is 4.51. The maximum absolute atomic E-state index is 12.3. The zero-order valence-electron chi connectivity index (χ0n) is 11.7. The van der Waals surface area contributed by atoms with Gasteiger partial charge in [0.2, 0.25) is 10.0 Å². The third-order valence-corrected chi connectivity index (χ3v) is 6.20. The van der Waals surface area contributed by atoms with Gasteiger partial charge in [-0.05, 0) is 47.5 Å². The summed E-state index contributed by atoms with van der Waals surface area (Å²) < 4.78 is 27.9. The van der Waals surface area contributed by atoms with Gasteiger partial charge >= 0.3 is 0 Å². The number of aryl methyl sites for hydroxylation is 2. The Hall–Kier alpha value is -0.960. The van der Waals surface area contributed by atoms with Crippen LogP contribution in [0, 0.1) is 13.8 Å². The van der Waals surface area contributed by atoms with Crippen LogP contribution in [-0.2, 0) is 16.4 Å². The van der Waals surface area contributed by atoms with E-state index in [1.807, 2.05) is 12.3 Å². The van der Waals surface area contributed by atoms with E-state index in [1.165, 1.54) is 17.4 Å². The molecule has 0 fully saturated rings. The van der Waals surface area contributed by atoms with Crippen molar-refractivity contribution in [3.63, 3.8) is 0 Å². The number of rotatable bonds is 5. The standard InChI is InChI=1S/C13H16BrN3O2S2/c1-8-5-10(14)11(15)6-12(8)21(18,19)16-4-3-13-17-9(2)7-20-13/h5-7,16H,3-4,15H2,1-2H3. The Bertz CT molecular complexity index is 757. The number of nitrogens with one attached hydrogen (secondary N) is 1. The summed E-state index contributed by atoms with van der Waals surface area (Å²) in [5, 5.41) is 2.87. The number of thiazole rings is 1. The van der Waals surface area contributed by atoms with E-state index in [9.17, 15) is 8.42 Å². The SMILES string of the molecule is Cc1csc(CCNS(=O)(=O)c2cc(N)c(Br)cc2C)n1. The number of sulfonamides is 1. The van der Waals surface area contributed by atoms with Gasteiger partial charge in [-0.1, -0.05) is 0 Å². The van der Waals surface area contributed by atoms with Crippen molar-refractivity contribution in [2.24, 2.45) is 0 Å². The summed E-state index contributed by atoms with van der Waals surface area (Å²) >= 11 is 4.82. The van der Waals surface area contributed by atoms with Gasteiger partial charge in [-0.25, -0.2) is 18.1 Å².